The van der Waals surface area contributed by atoms with Crippen molar-refractivity contribution < 1.29 is 8.94 Å². The summed E-state index contributed by atoms with van der Waals surface area (Å²) in [5.41, 5.74) is 1.19. The summed E-state index contributed by atoms with van der Waals surface area (Å²) in [5.74, 6) is 1.76. The van der Waals surface area contributed by atoms with E-state index in [9.17, 15) is 0 Å². The van der Waals surface area contributed by atoms with Crippen LogP contribution in [-0.2, 0) is 13.1 Å². The molecule has 0 aromatic carbocycles. The molecular weight excluding hydrogens is 294 g/mol. The number of hydrogen-bond donors (Lipinski definition) is 0. The molecule has 0 aliphatic carbocycles. The number of furan rings is 1. The Hall–Kier alpha value is -2.41. The standard InChI is InChI=1S/C16H19N5O2/c1-12-8-17-21(9-12)10-13-4-2-6-20(13)11-15-18-16(19-23-15)14-5-3-7-22-14/h3,5,7-9,13H,2,4,6,10-11H2,1H3. The van der Waals surface area contributed by atoms with Crippen molar-refractivity contribution >= 4 is 0 Å². The van der Waals surface area contributed by atoms with Crippen molar-refractivity contribution in [2.75, 3.05) is 6.54 Å². The molecule has 1 aliphatic heterocycles. The largest absolute Gasteiger partial charge is 0.461 e. The Morgan fingerprint density at radius 3 is 3.13 bits per heavy atom. The Balaban J connectivity index is 1.43. The fraction of sp³-hybridized carbons (Fsp3) is 0.438. The molecule has 120 valence electrons. The van der Waals surface area contributed by atoms with Crippen LogP contribution >= 0.6 is 0 Å². The first-order valence-electron chi connectivity index (χ1n) is 7.87. The summed E-state index contributed by atoms with van der Waals surface area (Å²) >= 11 is 0. The van der Waals surface area contributed by atoms with Crippen molar-refractivity contribution in [3.8, 4) is 11.6 Å². The van der Waals surface area contributed by atoms with Gasteiger partial charge < -0.3 is 8.94 Å². The summed E-state index contributed by atoms with van der Waals surface area (Å²) in [7, 11) is 0. The van der Waals surface area contributed by atoms with Gasteiger partial charge in [0.05, 0.1) is 25.5 Å². The third-order valence-corrected chi connectivity index (χ3v) is 4.21. The van der Waals surface area contributed by atoms with Crippen LogP contribution in [0, 0.1) is 6.92 Å². The Labute approximate surface area is 133 Å². The lowest BCUT2D eigenvalue weighted by molar-refractivity contribution is 0.192. The van der Waals surface area contributed by atoms with Crippen LogP contribution in [0.1, 0.15) is 24.3 Å². The Morgan fingerprint density at radius 1 is 1.39 bits per heavy atom. The SMILES string of the molecule is Cc1cnn(CC2CCCN2Cc2nc(-c3ccco3)no2)c1. The zero-order valence-electron chi connectivity index (χ0n) is 13.1. The molecule has 7 heteroatoms. The van der Waals surface area contributed by atoms with E-state index in [1.54, 1.807) is 6.26 Å². The highest BCUT2D eigenvalue weighted by atomic mass is 16.5. The molecule has 0 saturated carbocycles. The summed E-state index contributed by atoms with van der Waals surface area (Å²) in [6.07, 6.45) is 7.93. The van der Waals surface area contributed by atoms with Crippen LogP contribution in [0.5, 0.6) is 0 Å². The minimum Gasteiger partial charge on any atom is -0.461 e. The average Bonchev–Trinajstić information content (AvgIpc) is 3.29. The molecule has 1 aliphatic rings. The van der Waals surface area contributed by atoms with Crippen molar-refractivity contribution in [3.05, 3.63) is 42.2 Å². The molecule has 1 unspecified atom stereocenters. The lowest BCUT2D eigenvalue weighted by atomic mass is 10.2. The van der Waals surface area contributed by atoms with Gasteiger partial charge >= 0.3 is 0 Å². The second kappa shape index (κ2) is 6.00. The lowest BCUT2D eigenvalue weighted by Crippen LogP contribution is -2.32. The fourth-order valence-electron chi connectivity index (χ4n) is 3.09. The van der Waals surface area contributed by atoms with Crippen LogP contribution in [0.15, 0.2) is 39.7 Å². The number of nitrogens with zero attached hydrogens (tertiary/aromatic N) is 5. The van der Waals surface area contributed by atoms with Crippen LogP contribution in [-0.4, -0.2) is 37.4 Å². The van der Waals surface area contributed by atoms with Gasteiger partial charge in [-0.25, -0.2) is 0 Å². The molecule has 4 rings (SSSR count). The summed E-state index contributed by atoms with van der Waals surface area (Å²) in [5, 5.41) is 8.37. The molecule has 1 saturated heterocycles. The summed E-state index contributed by atoms with van der Waals surface area (Å²) in [6, 6.07) is 4.09. The maximum absolute atomic E-state index is 5.37. The molecule has 0 radical (unpaired) electrons. The minimum absolute atomic E-state index is 0.452. The molecule has 7 nitrogen and oxygen atoms in total. The van der Waals surface area contributed by atoms with Crippen LogP contribution in [0.25, 0.3) is 11.6 Å². The van der Waals surface area contributed by atoms with Gasteiger partial charge in [-0.05, 0) is 44.0 Å². The fourth-order valence-corrected chi connectivity index (χ4v) is 3.09. The molecule has 3 aromatic rings. The number of likely N-dealkylation sites (tertiary alicyclic amines) is 1. The molecule has 3 aromatic heterocycles. The smallest absolute Gasteiger partial charge is 0.241 e. The predicted molar refractivity (Wildman–Crippen MR) is 82.4 cm³/mol. The Morgan fingerprint density at radius 2 is 2.35 bits per heavy atom. The van der Waals surface area contributed by atoms with E-state index in [1.807, 2.05) is 23.0 Å². The van der Waals surface area contributed by atoms with E-state index in [0.29, 0.717) is 30.1 Å². The number of rotatable bonds is 5. The lowest BCUT2D eigenvalue weighted by Gasteiger charge is -2.22. The number of aromatic nitrogens is 4. The number of aryl methyl sites for hydroxylation is 1. The zero-order valence-corrected chi connectivity index (χ0v) is 13.1. The molecule has 0 spiro atoms. The van der Waals surface area contributed by atoms with E-state index in [4.69, 9.17) is 8.94 Å². The first kappa shape index (κ1) is 14.2. The third-order valence-electron chi connectivity index (χ3n) is 4.21. The molecule has 0 amide bonds. The van der Waals surface area contributed by atoms with Crippen molar-refractivity contribution in [3.63, 3.8) is 0 Å². The highest BCUT2D eigenvalue weighted by molar-refractivity contribution is 5.44. The van der Waals surface area contributed by atoms with Crippen LogP contribution in [0.3, 0.4) is 0 Å². The normalized spacial score (nSPS) is 18.7. The molecule has 0 bridgehead atoms. The highest BCUT2D eigenvalue weighted by Gasteiger charge is 2.27. The third kappa shape index (κ3) is 3.05. The predicted octanol–water partition coefficient (Wildman–Crippen LogP) is 2.50. The Kier molecular flexibility index (Phi) is 3.70. The number of hydrogen-bond acceptors (Lipinski definition) is 6. The highest BCUT2D eigenvalue weighted by Crippen LogP contribution is 2.22. The van der Waals surface area contributed by atoms with E-state index in [-0.39, 0.29) is 0 Å². The van der Waals surface area contributed by atoms with Gasteiger partial charge in [0.1, 0.15) is 0 Å². The van der Waals surface area contributed by atoms with Gasteiger partial charge in [-0.2, -0.15) is 10.1 Å². The molecule has 0 N–H and O–H groups in total. The van der Waals surface area contributed by atoms with E-state index >= 15 is 0 Å². The summed E-state index contributed by atoms with van der Waals surface area (Å²) in [4.78, 5) is 6.81. The van der Waals surface area contributed by atoms with Crippen molar-refractivity contribution in [1.82, 2.24) is 24.8 Å². The first-order valence-corrected chi connectivity index (χ1v) is 7.87. The second-order valence-corrected chi connectivity index (χ2v) is 6.00. The van der Waals surface area contributed by atoms with Gasteiger partial charge in [-0.15, -0.1) is 0 Å². The quantitative estimate of drug-likeness (QED) is 0.720. The van der Waals surface area contributed by atoms with Crippen LogP contribution < -0.4 is 0 Å². The van der Waals surface area contributed by atoms with Crippen molar-refractivity contribution in [2.24, 2.45) is 0 Å². The van der Waals surface area contributed by atoms with Gasteiger partial charge in [0, 0.05) is 12.2 Å². The van der Waals surface area contributed by atoms with Gasteiger partial charge in [-0.3, -0.25) is 9.58 Å². The van der Waals surface area contributed by atoms with E-state index in [0.717, 1.165) is 19.5 Å². The van der Waals surface area contributed by atoms with E-state index in [1.165, 1.54) is 12.0 Å². The second-order valence-electron chi connectivity index (χ2n) is 6.00. The maximum Gasteiger partial charge on any atom is 0.241 e. The average molecular weight is 313 g/mol. The molecule has 23 heavy (non-hydrogen) atoms. The van der Waals surface area contributed by atoms with Crippen molar-refractivity contribution in [2.45, 2.75) is 38.9 Å². The van der Waals surface area contributed by atoms with E-state index in [2.05, 4.69) is 33.3 Å². The van der Waals surface area contributed by atoms with Crippen molar-refractivity contribution in [1.29, 1.82) is 0 Å². The molecular formula is C16H19N5O2. The monoisotopic (exact) mass is 313 g/mol. The molecule has 4 heterocycles. The zero-order chi connectivity index (χ0) is 15.6. The van der Waals surface area contributed by atoms with Crippen LogP contribution in [0.4, 0.5) is 0 Å². The molecule has 1 atom stereocenters. The summed E-state index contributed by atoms with van der Waals surface area (Å²) < 4.78 is 12.7. The molecule has 1 fully saturated rings. The minimum atomic E-state index is 0.452. The van der Waals surface area contributed by atoms with Gasteiger partial charge in [-0.1, -0.05) is 5.16 Å². The van der Waals surface area contributed by atoms with Crippen LogP contribution in [0.2, 0.25) is 0 Å². The van der Waals surface area contributed by atoms with Gasteiger partial charge in [0.2, 0.25) is 11.7 Å². The first-order chi connectivity index (χ1) is 11.3. The summed E-state index contributed by atoms with van der Waals surface area (Å²) in [6.45, 7) is 4.67. The van der Waals surface area contributed by atoms with Gasteiger partial charge in [0.25, 0.3) is 0 Å². The maximum atomic E-state index is 5.37. The van der Waals surface area contributed by atoms with E-state index < -0.39 is 0 Å². The Bertz CT molecular complexity index is 761. The van der Waals surface area contributed by atoms with Gasteiger partial charge in [0.15, 0.2) is 5.76 Å². The topological polar surface area (TPSA) is 73.1 Å².